The van der Waals surface area contributed by atoms with E-state index in [1.165, 1.54) is 0 Å². The lowest BCUT2D eigenvalue weighted by molar-refractivity contribution is 0.415. The first-order chi connectivity index (χ1) is 8.24. The van der Waals surface area contributed by atoms with E-state index in [9.17, 15) is 0 Å². The van der Waals surface area contributed by atoms with Gasteiger partial charge in [0.2, 0.25) is 0 Å². The number of hydrogen-bond acceptors (Lipinski definition) is 1. The van der Waals surface area contributed by atoms with Crippen LogP contribution >= 0.6 is 23.2 Å². The van der Waals surface area contributed by atoms with E-state index in [4.69, 9.17) is 27.9 Å². The molecule has 2 aromatic rings. The summed E-state index contributed by atoms with van der Waals surface area (Å²) < 4.78 is 5.20. The minimum absolute atomic E-state index is 0.480. The third kappa shape index (κ3) is 2.74. The maximum absolute atomic E-state index is 6.20. The van der Waals surface area contributed by atoms with Gasteiger partial charge in [-0.3, -0.25) is 0 Å². The van der Waals surface area contributed by atoms with Gasteiger partial charge in [-0.15, -0.1) is 11.6 Å². The van der Waals surface area contributed by atoms with E-state index in [-0.39, 0.29) is 0 Å². The number of halogens is 2. The van der Waals surface area contributed by atoms with Crippen LogP contribution in [0.3, 0.4) is 0 Å². The molecular formula is C14H12Cl2O. The lowest BCUT2D eigenvalue weighted by Crippen LogP contribution is -1.86. The zero-order valence-electron chi connectivity index (χ0n) is 9.41. The van der Waals surface area contributed by atoms with Gasteiger partial charge in [-0.1, -0.05) is 29.8 Å². The van der Waals surface area contributed by atoms with Crippen LogP contribution in [0.2, 0.25) is 5.02 Å². The average Bonchev–Trinajstić information content (AvgIpc) is 2.39. The normalized spacial score (nSPS) is 10.3. The number of methoxy groups -OCH3 is 1. The Morgan fingerprint density at radius 3 is 2.65 bits per heavy atom. The molecule has 0 saturated carbocycles. The van der Waals surface area contributed by atoms with Crippen molar-refractivity contribution >= 4 is 23.2 Å². The van der Waals surface area contributed by atoms with E-state index in [1.807, 2.05) is 42.5 Å². The summed E-state index contributed by atoms with van der Waals surface area (Å²) in [7, 11) is 1.65. The van der Waals surface area contributed by atoms with E-state index in [1.54, 1.807) is 7.11 Å². The SMILES string of the molecule is COc1cccc(-c2cc(CCl)ccc2Cl)c1. The van der Waals surface area contributed by atoms with Gasteiger partial charge in [-0.25, -0.2) is 0 Å². The van der Waals surface area contributed by atoms with Gasteiger partial charge in [0.25, 0.3) is 0 Å². The molecule has 2 aromatic carbocycles. The summed E-state index contributed by atoms with van der Waals surface area (Å²) in [6.45, 7) is 0. The second-order valence-electron chi connectivity index (χ2n) is 3.68. The van der Waals surface area contributed by atoms with E-state index in [2.05, 4.69) is 0 Å². The molecule has 2 rings (SSSR count). The molecule has 0 heterocycles. The Balaban J connectivity index is 2.50. The van der Waals surface area contributed by atoms with Crippen molar-refractivity contribution < 1.29 is 4.74 Å². The molecule has 0 radical (unpaired) electrons. The summed E-state index contributed by atoms with van der Waals surface area (Å²) >= 11 is 12.0. The summed E-state index contributed by atoms with van der Waals surface area (Å²) in [5, 5.41) is 0.715. The van der Waals surface area contributed by atoms with E-state index >= 15 is 0 Å². The Morgan fingerprint density at radius 1 is 1.12 bits per heavy atom. The van der Waals surface area contributed by atoms with Crippen LogP contribution < -0.4 is 4.74 Å². The van der Waals surface area contributed by atoms with Crippen LogP contribution in [0.4, 0.5) is 0 Å². The van der Waals surface area contributed by atoms with Crippen LogP contribution in [0, 0.1) is 0 Å². The molecule has 0 N–H and O–H groups in total. The lowest BCUT2D eigenvalue weighted by Gasteiger charge is -2.08. The number of ether oxygens (including phenoxy) is 1. The van der Waals surface area contributed by atoms with E-state index < -0.39 is 0 Å². The van der Waals surface area contributed by atoms with Crippen molar-refractivity contribution in [3.63, 3.8) is 0 Å². The Labute approximate surface area is 111 Å². The number of hydrogen-bond donors (Lipinski definition) is 0. The smallest absolute Gasteiger partial charge is 0.119 e. The summed E-state index contributed by atoms with van der Waals surface area (Å²) in [6, 6.07) is 13.6. The topological polar surface area (TPSA) is 9.23 Å². The van der Waals surface area contributed by atoms with Crippen molar-refractivity contribution in [1.29, 1.82) is 0 Å². The van der Waals surface area contributed by atoms with Crippen LogP contribution in [0.25, 0.3) is 11.1 Å². The van der Waals surface area contributed by atoms with Crippen LogP contribution in [-0.4, -0.2) is 7.11 Å². The summed E-state index contributed by atoms with van der Waals surface area (Å²) in [4.78, 5) is 0. The molecule has 1 nitrogen and oxygen atoms in total. The summed E-state index contributed by atoms with van der Waals surface area (Å²) in [6.07, 6.45) is 0. The maximum atomic E-state index is 6.20. The van der Waals surface area contributed by atoms with Crippen molar-refractivity contribution in [2.45, 2.75) is 5.88 Å². The van der Waals surface area contributed by atoms with Crippen LogP contribution in [0.15, 0.2) is 42.5 Å². The molecule has 0 aliphatic carbocycles. The standard InChI is InChI=1S/C14H12Cl2O/c1-17-12-4-2-3-11(8-12)13-7-10(9-15)5-6-14(13)16/h2-8H,9H2,1H3. The minimum atomic E-state index is 0.480. The van der Waals surface area contributed by atoms with Gasteiger partial charge in [0.05, 0.1) is 7.11 Å². The molecule has 0 amide bonds. The predicted octanol–water partition coefficient (Wildman–Crippen LogP) is 4.75. The third-order valence-corrected chi connectivity index (χ3v) is 3.20. The minimum Gasteiger partial charge on any atom is -0.497 e. The fraction of sp³-hybridized carbons (Fsp3) is 0.143. The zero-order chi connectivity index (χ0) is 12.3. The molecule has 88 valence electrons. The first-order valence-electron chi connectivity index (χ1n) is 5.23. The van der Waals surface area contributed by atoms with Crippen molar-refractivity contribution in [2.24, 2.45) is 0 Å². The van der Waals surface area contributed by atoms with Crippen molar-refractivity contribution in [3.8, 4) is 16.9 Å². The predicted molar refractivity (Wildman–Crippen MR) is 73.0 cm³/mol. The number of benzene rings is 2. The molecule has 3 heteroatoms. The Bertz CT molecular complexity index is 523. The largest absolute Gasteiger partial charge is 0.497 e. The molecule has 0 saturated heterocycles. The van der Waals surface area contributed by atoms with Crippen LogP contribution in [0.5, 0.6) is 5.75 Å². The molecular weight excluding hydrogens is 255 g/mol. The molecule has 0 atom stereocenters. The summed E-state index contributed by atoms with van der Waals surface area (Å²) in [5.74, 6) is 1.29. The van der Waals surface area contributed by atoms with Crippen LogP contribution in [-0.2, 0) is 5.88 Å². The van der Waals surface area contributed by atoms with Crippen molar-refractivity contribution in [1.82, 2.24) is 0 Å². The van der Waals surface area contributed by atoms with Gasteiger partial charge in [0.1, 0.15) is 5.75 Å². The summed E-state index contributed by atoms with van der Waals surface area (Å²) in [5.41, 5.74) is 3.05. The van der Waals surface area contributed by atoms with Gasteiger partial charge < -0.3 is 4.74 Å². The number of alkyl halides is 1. The Morgan fingerprint density at radius 2 is 1.94 bits per heavy atom. The molecule has 0 spiro atoms. The van der Waals surface area contributed by atoms with Gasteiger partial charge in [-0.05, 0) is 35.4 Å². The molecule has 0 aromatic heterocycles. The van der Waals surface area contributed by atoms with Gasteiger partial charge in [-0.2, -0.15) is 0 Å². The highest BCUT2D eigenvalue weighted by molar-refractivity contribution is 6.33. The van der Waals surface area contributed by atoms with Crippen molar-refractivity contribution in [3.05, 3.63) is 53.1 Å². The molecule has 0 unspecified atom stereocenters. The Hall–Kier alpha value is -1.18. The average molecular weight is 267 g/mol. The monoisotopic (exact) mass is 266 g/mol. The fourth-order valence-electron chi connectivity index (χ4n) is 1.67. The molecule has 0 aliphatic rings. The second kappa shape index (κ2) is 5.44. The van der Waals surface area contributed by atoms with E-state index in [0.29, 0.717) is 10.9 Å². The van der Waals surface area contributed by atoms with Crippen LogP contribution in [0.1, 0.15) is 5.56 Å². The maximum Gasteiger partial charge on any atom is 0.119 e. The molecule has 0 aliphatic heterocycles. The van der Waals surface area contributed by atoms with Gasteiger partial charge >= 0.3 is 0 Å². The number of rotatable bonds is 3. The second-order valence-corrected chi connectivity index (χ2v) is 4.35. The van der Waals surface area contributed by atoms with Gasteiger partial charge in [0.15, 0.2) is 0 Å². The van der Waals surface area contributed by atoms with Crippen molar-refractivity contribution in [2.75, 3.05) is 7.11 Å². The molecule has 0 bridgehead atoms. The first kappa shape index (κ1) is 12.3. The molecule has 0 fully saturated rings. The Kier molecular flexibility index (Phi) is 3.93. The highest BCUT2D eigenvalue weighted by atomic mass is 35.5. The quantitative estimate of drug-likeness (QED) is 0.729. The highest BCUT2D eigenvalue weighted by Crippen LogP contribution is 2.31. The zero-order valence-corrected chi connectivity index (χ0v) is 10.9. The third-order valence-electron chi connectivity index (χ3n) is 2.57. The highest BCUT2D eigenvalue weighted by Gasteiger charge is 2.05. The molecule has 17 heavy (non-hydrogen) atoms. The van der Waals surface area contributed by atoms with E-state index in [0.717, 1.165) is 22.4 Å². The first-order valence-corrected chi connectivity index (χ1v) is 6.14. The lowest BCUT2D eigenvalue weighted by atomic mass is 10.0. The van der Waals surface area contributed by atoms with Gasteiger partial charge in [0, 0.05) is 16.5 Å². The fourth-order valence-corrected chi connectivity index (χ4v) is 2.06.